The van der Waals surface area contributed by atoms with Crippen molar-refractivity contribution in [1.29, 1.82) is 0 Å². The topological polar surface area (TPSA) is 64.1 Å². The smallest absolute Gasteiger partial charge is 0.326 e. The van der Waals surface area contributed by atoms with Crippen molar-refractivity contribution in [3.8, 4) is 0 Å². The number of urea groups is 1. The zero-order valence-electron chi connectivity index (χ0n) is 12.3. The average Bonchev–Trinajstić information content (AvgIpc) is 2.82. The Morgan fingerprint density at radius 1 is 1.42 bits per heavy atom. The first-order valence-electron chi connectivity index (χ1n) is 6.83. The van der Waals surface area contributed by atoms with Gasteiger partial charge in [-0.15, -0.1) is 0 Å². The average molecular weight is 271 g/mol. The quantitative estimate of drug-likeness (QED) is 0.808. The first kappa shape index (κ1) is 15.8. The van der Waals surface area contributed by atoms with E-state index in [0.29, 0.717) is 12.6 Å². The lowest BCUT2D eigenvalue weighted by atomic mass is 10.2. The van der Waals surface area contributed by atoms with E-state index in [1.54, 1.807) is 11.9 Å². The first-order valence-corrected chi connectivity index (χ1v) is 6.83. The molecule has 1 heterocycles. The Hall–Kier alpha value is -1.30. The Balaban J connectivity index is 2.55. The second-order valence-corrected chi connectivity index (χ2v) is 5.21. The van der Waals surface area contributed by atoms with Gasteiger partial charge >= 0.3 is 12.0 Å². The fourth-order valence-corrected chi connectivity index (χ4v) is 2.51. The van der Waals surface area contributed by atoms with Crippen LogP contribution in [0.25, 0.3) is 0 Å². The standard InChI is InChI=1S/C13H25N3O3/c1-5-16-8-6-7-11(16)9-14(3)13(19)15(4)10(2)12(17)18/h10-11H,5-9H2,1-4H3,(H,17,18). The highest BCUT2D eigenvalue weighted by molar-refractivity contribution is 5.82. The fraction of sp³-hybridized carbons (Fsp3) is 0.846. The molecular formula is C13H25N3O3. The van der Waals surface area contributed by atoms with Gasteiger partial charge in [0.2, 0.25) is 0 Å². The molecule has 0 aromatic heterocycles. The molecule has 2 unspecified atom stereocenters. The maximum atomic E-state index is 12.1. The summed E-state index contributed by atoms with van der Waals surface area (Å²) in [4.78, 5) is 28.3. The maximum absolute atomic E-state index is 12.1. The fourth-order valence-electron chi connectivity index (χ4n) is 2.51. The summed E-state index contributed by atoms with van der Waals surface area (Å²) in [7, 11) is 3.27. The molecule has 0 aliphatic carbocycles. The molecule has 6 heteroatoms. The van der Waals surface area contributed by atoms with E-state index < -0.39 is 12.0 Å². The second kappa shape index (κ2) is 6.75. The number of hydrogen-bond donors (Lipinski definition) is 1. The zero-order chi connectivity index (χ0) is 14.6. The minimum Gasteiger partial charge on any atom is -0.480 e. The summed E-state index contributed by atoms with van der Waals surface area (Å²) in [5.41, 5.74) is 0. The van der Waals surface area contributed by atoms with Crippen LogP contribution in [0.5, 0.6) is 0 Å². The molecule has 110 valence electrons. The summed E-state index contributed by atoms with van der Waals surface area (Å²) >= 11 is 0. The molecule has 2 amide bonds. The molecule has 0 spiro atoms. The van der Waals surface area contributed by atoms with Crippen molar-refractivity contribution in [1.82, 2.24) is 14.7 Å². The molecule has 0 aromatic carbocycles. The van der Waals surface area contributed by atoms with Crippen LogP contribution in [0.1, 0.15) is 26.7 Å². The molecule has 19 heavy (non-hydrogen) atoms. The molecule has 6 nitrogen and oxygen atoms in total. The van der Waals surface area contributed by atoms with Crippen LogP contribution in [-0.2, 0) is 4.79 Å². The molecule has 2 atom stereocenters. The van der Waals surface area contributed by atoms with Crippen LogP contribution >= 0.6 is 0 Å². The molecule has 1 aliphatic heterocycles. The van der Waals surface area contributed by atoms with Gasteiger partial charge < -0.3 is 14.9 Å². The monoisotopic (exact) mass is 271 g/mol. The number of carboxylic acid groups (broad SMARTS) is 1. The summed E-state index contributed by atoms with van der Waals surface area (Å²) in [6.07, 6.45) is 2.27. The number of amides is 2. The largest absolute Gasteiger partial charge is 0.480 e. The van der Waals surface area contributed by atoms with Crippen molar-refractivity contribution in [2.45, 2.75) is 38.8 Å². The Bertz CT molecular complexity index is 335. The van der Waals surface area contributed by atoms with E-state index in [0.717, 1.165) is 19.5 Å². The van der Waals surface area contributed by atoms with Crippen LogP contribution in [0.2, 0.25) is 0 Å². The van der Waals surface area contributed by atoms with Gasteiger partial charge in [-0.05, 0) is 32.9 Å². The molecule has 0 aromatic rings. The van der Waals surface area contributed by atoms with Gasteiger partial charge in [0.25, 0.3) is 0 Å². The van der Waals surface area contributed by atoms with Crippen LogP contribution in [-0.4, -0.2) is 77.6 Å². The Kier molecular flexibility index (Phi) is 5.60. The van der Waals surface area contributed by atoms with E-state index in [1.165, 1.54) is 25.3 Å². The number of likely N-dealkylation sites (tertiary alicyclic amines) is 1. The highest BCUT2D eigenvalue weighted by Gasteiger charge is 2.29. The van der Waals surface area contributed by atoms with Crippen molar-refractivity contribution >= 4 is 12.0 Å². The number of carboxylic acids is 1. The van der Waals surface area contributed by atoms with Crippen LogP contribution in [0.3, 0.4) is 0 Å². The van der Waals surface area contributed by atoms with Crippen molar-refractivity contribution < 1.29 is 14.7 Å². The summed E-state index contributed by atoms with van der Waals surface area (Å²) in [6.45, 7) is 6.38. The van der Waals surface area contributed by atoms with Gasteiger partial charge in [-0.3, -0.25) is 4.90 Å². The van der Waals surface area contributed by atoms with Gasteiger partial charge in [-0.25, -0.2) is 9.59 Å². The van der Waals surface area contributed by atoms with Gasteiger partial charge in [0.05, 0.1) is 0 Å². The molecule has 1 aliphatic rings. The van der Waals surface area contributed by atoms with E-state index in [2.05, 4.69) is 11.8 Å². The SMILES string of the molecule is CCN1CCCC1CN(C)C(=O)N(C)C(C)C(=O)O. The molecule has 1 N–H and O–H groups in total. The van der Waals surface area contributed by atoms with Crippen molar-refractivity contribution in [2.24, 2.45) is 0 Å². The third kappa shape index (κ3) is 3.83. The highest BCUT2D eigenvalue weighted by atomic mass is 16.4. The summed E-state index contributed by atoms with van der Waals surface area (Å²) < 4.78 is 0. The molecular weight excluding hydrogens is 246 g/mol. The Morgan fingerprint density at radius 2 is 2.05 bits per heavy atom. The molecule has 0 bridgehead atoms. The number of rotatable bonds is 5. The third-order valence-electron chi connectivity index (χ3n) is 3.96. The van der Waals surface area contributed by atoms with E-state index in [1.807, 2.05) is 0 Å². The lowest BCUT2D eigenvalue weighted by molar-refractivity contribution is -0.141. The summed E-state index contributed by atoms with van der Waals surface area (Å²) in [5, 5.41) is 8.93. The van der Waals surface area contributed by atoms with Gasteiger partial charge in [0.1, 0.15) is 6.04 Å². The predicted molar refractivity (Wildman–Crippen MR) is 73.2 cm³/mol. The van der Waals surface area contributed by atoms with Crippen molar-refractivity contribution in [2.75, 3.05) is 33.7 Å². The van der Waals surface area contributed by atoms with E-state index in [-0.39, 0.29) is 6.03 Å². The normalized spacial score (nSPS) is 21.2. The van der Waals surface area contributed by atoms with Crippen LogP contribution < -0.4 is 0 Å². The number of aliphatic carboxylic acids is 1. The lowest BCUT2D eigenvalue weighted by Gasteiger charge is -2.31. The zero-order valence-corrected chi connectivity index (χ0v) is 12.3. The van der Waals surface area contributed by atoms with E-state index in [9.17, 15) is 9.59 Å². The molecule has 0 radical (unpaired) electrons. The minimum atomic E-state index is -0.986. The first-order chi connectivity index (χ1) is 8.88. The van der Waals surface area contributed by atoms with Gasteiger partial charge in [-0.1, -0.05) is 6.92 Å². The number of likely N-dealkylation sites (N-methyl/N-ethyl adjacent to an activating group) is 3. The van der Waals surface area contributed by atoms with Crippen molar-refractivity contribution in [3.05, 3.63) is 0 Å². The highest BCUT2D eigenvalue weighted by Crippen LogP contribution is 2.17. The number of carbonyl (C=O) groups is 2. The predicted octanol–water partition coefficient (Wildman–Crippen LogP) is 0.927. The van der Waals surface area contributed by atoms with Crippen molar-refractivity contribution in [3.63, 3.8) is 0 Å². The molecule has 1 rings (SSSR count). The van der Waals surface area contributed by atoms with Crippen LogP contribution in [0.15, 0.2) is 0 Å². The Morgan fingerprint density at radius 3 is 2.58 bits per heavy atom. The molecule has 1 fully saturated rings. The second-order valence-electron chi connectivity index (χ2n) is 5.21. The third-order valence-corrected chi connectivity index (χ3v) is 3.96. The van der Waals surface area contributed by atoms with E-state index in [4.69, 9.17) is 5.11 Å². The minimum absolute atomic E-state index is 0.238. The maximum Gasteiger partial charge on any atom is 0.326 e. The molecule has 1 saturated heterocycles. The number of nitrogens with zero attached hydrogens (tertiary/aromatic N) is 3. The Labute approximate surface area is 115 Å². The van der Waals surface area contributed by atoms with Gasteiger partial charge in [-0.2, -0.15) is 0 Å². The number of hydrogen-bond acceptors (Lipinski definition) is 3. The summed E-state index contributed by atoms with van der Waals surface area (Å²) in [5.74, 6) is -0.986. The van der Waals surface area contributed by atoms with Crippen LogP contribution in [0, 0.1) is 0 Å². The van der Waals surface area contributed by atoms with Gasteiger partial charge in [0.15, 0.2) is 0 Å². The van der Waals surface area contributed by atoms with Gasteiger partial charge in [0, 0.05) is 26.7 Å². The molecule has 0 saturated carbocycles. The summed E-state index contributed by atoms with van der Waals surface area (Å²) in [6, 6.07) is -0.647. The number of carbonyl (C=O) groups excluding carboxylic acids is 1. The van der Waals surface area contributed by atoms with Crippen LogP contribution in [0.4, 0.5) is 4.79 Å². The lowest BCUT2D eigenvalue weighted by Crippen LogP contribution is -2.49. The van der Waals surface area contributed by atoms with E-state index >= 15 is 0 Å².